The van der Waals surface area contributed by atoms with Gasteiger partial charge in [-0.1, -0.05) is 43.2 Å². The summed E-state index contributed by atoms with van der Waals surface area (Å²) < 4.78 is 12.8. The third-order valence-corrected chi connectivity index (χ3v) is 10.2. The first-order valence-corrected chi connectivity index (χ1v) is 19.3. The van der Waals surface area contributed by atoms with Gasteiger partial charge in [0.15, 0.2) is 23.0 Å². The second kappa shape index (κ2) is 16.9. The summed E-state index contributed by atoms with van der Waals surface area (Å²) in [4.78, 5) is 43.4. The van der Waals surface area contributed by atoms with Gasteiger partial charge in [0.05, 0.1) is 23.2 Å². The van der Waals surface area contributed by atoms with Crippen LogP contribution in [0.25, 0.3) is 50.7 Å². The standard InChI is InChI=1S/C42H42N10O8/c1-24(2)30-20-31(33(55)21-32(30)54)39-48-49-41(57)52(39)27-10-8-25(9-11-27)23-50-14-16-51(17-15-50)34(56)22-45-42(58)59-28-6-3-5-26(19-28)37-46-35-29-7-4-12-44-40(29)60-36(35)38(47-37)43-13-18-53/h3-12,19-21,24,53-55H,13-18,22-23H2,1-2H3,(H,45,58)(H,49,57)(H,43,46,47). The molecule has 3 aromatic carbocycles. The van der Waals surface area contributed by atoms with E-state index in [1.807, 2.05) is 44.2 Å². The number of phenols is 2. The fourth-order valence-corrected chi connectivity index (χ4v) is 7.09. The average Bonchev–Trinajstić information content (AvgIpc) is 3.82. The molecule has 0 atom stereocenters. The third-order valence-electron chi connectivity index (χ3n) is 10.2. The van der Waals surface area contributed by atoms with Gasteiger partial charge in [-0.05, 0) is 59.5 Å². The molecule has 0 radical (unpaired) electrons. The van der Waals surface area contributed by atoms with E-state index in [2.05, 4.69) is 35.7 Å². The predicted molar refractivity (Wildman–Crippen MR) is 220 cm³/mol. The van der Waals surface area contributed by atoms with Gasteiger partial charge in [-0.15, -0.1) is 5.10 Å². The van der Waals surface area contributed by atoms with Crippen molar-refractivity contribution in [3.63, 3.8) is 0 Å². The van der Waals surface area contributed by atoms with E-state index in [0.29, 0.717) is 88.9 Å². The number of ether oxygens (including phenoxy) is 1. The molecule has 0 spiro atoms. The zero-order chi connectivity index (χ0) is 41.9. The van der Waals surface area contributed by atoms with Gasteiger partial charge < -0.3 is 45.1 Å². The first-order valence-electron chi connectivity index (χ1n) is 19.3. The molecule has 5 heterocycles. The molecular weight excluding hydrogens is 773 g/mol. The van der Waals surface area contributed by atoms with E-state index in [-0.39, 0.29) is 60.6 Å². The molecule has 0 saturated carbocycles. The number of fused-ring (bicyclic) bond motifs is 3. The molecule has 1 aliphatic heterocycles. The molecule has 4 aromatic heterocycles. The Morgan fingerprint density at radius 3 is 2.48 bits per heavy atom. The molecule has 1 saturated heterocycles. The number of carbonyl (C=O) groups is 2. The Morgan fingerprint density at radius 1 is 0.917 bits per heavy atom. The number of benzene rings is 3. The quantitative estimate of drug-likeness (QED) is 0.0975. The van der Waals surface area contributed by atoms with Crippen LogP contribution < -0.4 is 15.4 Å². The number of nitrogens with zero attached hydrogens (tertiary/aromatic N) is 8. The maximum Gasteiger partial charge on any atom is 0.413 e. The minimum atomic E-state index is -0.789. The number of aromatic hydroxyl groups is 3. The predicted octanol–water partition coefficient (Wildman–Crippen LogP) is 4.76. The molecule has 0 aliphatic carbocycles. The highest BCUT2D eigenvalue weighted by atomic mass is 16.6. The zero-order valence-electron chi connectivity index (χ0n) is 32.7. The largest absolute Gasteiger partial charge is 0.508 e. The lowest BCUT2D eigenvalue weighted by molar-refractivity contribution is -0.131. The summed E-state index contributed by atoms with van der Waals surface area (Å²) in [7, 11) is 0. The number of hydrogen-bond acceptors (Lipinski definition) is 15. The highest BCUT2D eigenvalue weighted by Crippen LogP contribution is 2.39. The highest BCUT2D eigenvalue weighted by Gasteiger charge is 2.24. The molecule has 0 unspecified atom stereocenters. The normalized spacial score (nSPS) is 13.3. The van der Waals surface area contributed by atoms with Crippen LogP contribution in [-0.4, -0.2) is 118 Å². The Kier molecular flexibility index (Phi) is 11.1. The van der Waals surface area contributed by atoms with E-state index in [1.165, 1.54) is 10.6 Å². The van der Waals surface area contributed by atoms with E-state index >= 15 is 0 Å². The number of nitrogens with one attached hydrogen (secondary N) is 2. The molecule has 2 amide bonds. The van der Waals surface area contributed by atoms with Gasteiger partial charge in [0, 0.05) is 57.1 Å². The number of hydrogen-bond donors (Lipinski definition) is 6. The number of anilines is 1. The summed E-state index contributed by atoms with van der Waals surface area (Å²) in [6.07, 6.45) is 0.830. The summed E-state index contributed by atoms with van der Waals surface area (Å²) in [6.45, 7) is 6.54. The summed E-state index contributed by atoms with van der Waals surface area (Å²) >= 11 is 0. The van der Waals surface area contributed by atoms with Crippen LogP contribution in [0.5, 0.6) is 23.3 Å². The number of aromatic nitrogens is 6. The number of rotatable bonds is 12. The van der Waals surface area contributed by atoms with E-state index in [0.717, 1.165) is 5.56 Å². The maximum atomic E-state index is 13.1. The van der Waals surface area contributed by atoms with Crippen LogP contribution in [0.15, 0.2) is 83.4 Å². The van der Waals surface area contributed by atoms with Crippen LogP contribution in [0.4, 0.5) is 10.6 Å². The zero-order valence-corrected chi connectivity index (χ0v) is 32.7. The van der Waals surface area contributed by atoms with E-state index in [4.69, 9.17) is 14.1 Å². The summed E-state index contributed by atoms with van der Waals surface area (Å²) in [5.74, 6) is 0.698. The number of aliphatic hydroxyl groups excluding tert-OH is 1. The minimum absolute atomic E-state index is 0.0182. The first-order chi connectivity index (χ1) is 29.1. The van der Waals surface area contributed by atoms with Gasteiger partial charge in [-0.2, -0.15) is 0 Å². The molecule has 60 heavy (non-hydrogen) atoms. The molecule has 18 heteroatoms. The lowest BCUT2D eigenvalue weighted by Crippen LogP contribution is -2.51. The van der Waals surface area contributed by atoms with Crippen molar-refractivity contribution in [1.82, 2.24) is 44.8 Å². The van der Waals surface area contributed by atoms with Crippen molar-refractivity contribution in [1.29, 1.82) is 0 Å². The SMILES string of the molecule is CC(C)c1cc(-c2nnc(O)n2-c2ccc(CN3CCN(C(=O)CNC(=O)Oc4cccc(-c5nc(NCCO)c6oc7ncccc7c6n5)c4)CC3)cc2)c(O)cc1O. The van der Waals surface area contributed by atoms with Crippen molar-refractivity contribution in [2.24, 2.45) is 0 Å². The van der Waals surface area contributed by atoms with Gasteiger partial charge in [-0.3, -0.25) is 9.69 Å². The maximum absolute atomic E-state index is 13.1. The smallest absolute Gasteiger partial charge is 0.413 e. The molecule has 6 N–H and O–H groups in total. The van der Waals surface area contributed by atoms with Crippen LogP contribution >= 0.6 is 0 Å². The number of carbonyl (C=O) groups excluding carboxylic acids is 2. The van der Waals surface area contributed by atoms with Gasteiger partial charge >= 0.3 is 12.1 Å². The van der Waals surface area contributed by atoms with Gasteiger partial charge in [0.2, 0.25) is 11.6 Å². The molecule has 0 bridgehead atoms. The lowest BCUT2D eigenvalue weighted by atomic mass is 9.98. The first kappa shape index (κ1) is 39.5. The fourth-order valence-electron chi connectivity index (χ4n) is 7.09. The monoisotopic (exact) mass is 814 g/mol. The molecule has 308 valence electrons. The van der Waals surface area contributed by atoms with Crippen LogP contribution in [0.3, 0.4) is 0 Å². The molecule has 7 aromatic rings. The minimum Gasteiger partial charge on any atom is -0.508 e. The number of piperazine rings is 1. The Labute approximate surface area is 342 Å². The van der Waals surface area contributed by atoms with Crippen molar-refractivity contribution in [3.05, 3.63) is 90.1 Å². The van der Waals surface area contributed by atoms with Crippen LogP contribution in [-0.2, 0) is 11.3 Å². The lowest BCUT2D eigenvalue weighted by Gasteiger charge is -2.34. The number of furan rings is 1. The Morgan fingerprint density at radius 2 is 1.72 bits per heavy atom. The second-order valence-electron chi connectivity index (χ2n) is 14.5. The average molecular weight is 815 g/mol. The van der Waals surface area contributed by atoms with Crippen LogP contribution in [0.2, 0.25) is 0 Å². The van der Waals surface area contributed by atoms with Crippen molar-refractivity contribution >= 4 is 40.0 Å². The van der Waals surface area contributed by atoms with Gasteiger partial charge in [0.1, 0.15) is 29.3 Å². The molecule has 1 aliphatic rings. The van der Waals surface area contributed by atoms with Crippen molar-refractivity contribution in [3.8, 4) is 51.7 Å². The van der Waals surface area contributed by atoms with Gasteiger partial charge in [-0.25, -0.2) is 24.3 Å². The highest BCUT2D eigenvalue weighted by molar-refractivity contribution is 6.05. The second-order valence-corrected chi connectivity index (χ2v) is 14.5. The Hall–Kier alpha value is -7.31. The van der Waals surface area contributed by atoms with Crippen LogP contribution in [0.1, 0.15) is 30.9 Å². The van der Waals surface area contributed by atoms with E-state index in [9.17, 15) is 30.0 Å². The van der Waals surface area contributed by atoms with Gasteiger partial charge in [0.25, 0.3) is 0 Å². The fraction of sp³-hybridized carbons (Fsp3) is 0.262. The van der Waals surface area contributed by atoms with Crippen molar-refractivity contribution in [2.45, 2.75) is 26.3 Å². The third kappa shape index (κ3) is 8.18. The topological polar surface area (TPSA) is 237 Å². The number of pyridine rings is 1. The number of phenolic OH excluding ortho intramolecular Hbond substituents is 2. The number of aliphatic hydroxyl groups is 1. The Balaban J connectivity index is 0.843. The van der Waals surface area contributed by atoms with Crippen molar-refractivity contribution < 1.29 is 39.2 Å². The Bertz CT molecular complexity index is 2690. The summed E-state index contributed by atoms with van der Waals surface area (Å²) in [5, 5.41) is 55.2. The summed E-state index contributed by atoms with van der Waals surface area (Å²) in [6, 6.07) is 20.4. The number of amides is 2. The van der Waals surface area contributed by atoms with Crippen LogP contribution in [0, 0.1) is 0 Å². The van der Waals surface area contributed by atoms with E-state index in [1.54, 1.807) is 47.5 Å². The molecule has 1 fully saturated rings. The molecule has 8 rings (SSSR count). The summed E-state index contributed by atoms with van der Waals surface area (Å²) in [5.41, 5.74) is 4.45. The molecule has 18 nitrogen and oxygen atoms in total. The van der Waals surface area contributed by atoms with Crippen molar-refractivity contribution in [2.75, 3.05) is 51.2 Å². The molecular formula is C42H42N10O8. The van der Waals surface area contributed by atoms with E-state index < -0.39 is 6.09 Å².